The fourth-order valence-electron chi connectivity index (χ4n) is 2.87. The van der Waals surface area contributed by atoms with E-state index >= 15 is 0 Å². The van der Waals surface area contributed by atoms with Crippen molar-refractivity contribution in [2.45, 2.75) is 38.5 Å². The lowest BCUT2D eigenvalue weighted by Crippen LogP contribution is -2.30. The van der Waals surface area contributed by atoms with E-state index in [1.807, 2.05) is 0 Å². The number of alkyl halides is 9. The quantitative estimate of drug-likeness (QED) is 0.456. The monoisotopic (exact) mass is 473 g/mol. The Morgan fingerprint density at radius 1 is 0.781 bits per heavy atom. The maximum Gasteiger partial charge on any atom is 0.416 e. The van der Waals surface area contributed by atoms with Crippen LogP contribution in [-0.2, 0) is 36.4 Å². The van der Waals surface area contributed by atoms with Crippen LogP contribution in [0.1, 0.15) is 33.4 Å². The van der Waals surface area contributed by atoms with Gasteiger partial charge in [-0.2, -0.15) is 39.5 Å². The number of halogens is 9. The van der Waals surface area contributed by atoms with Gasteiger partial charge < -0.3 is 4.74 Å². The Hall–Kier alpha value is -2.92. The highest BCUT2D eigenvalue weighted by Gasteiger charge is 2.37. The van der Waals surface area contributed by atoms with Crippen LogP contribution in [0, 0.1) is 6.92 Å². The fraction of sp³-hybridized carbons (Fsp3) is 0.350. The van der Waals surface area contributed by atoms with E-state index in [2.05, 4.69) is 4.74 Å². The molecule has 2 rings (SSSR count). The number of carbonyl (C=O) groups excluding carboxylic acids is 1. The average Bonchev–Trinajstić information content (AvgIpc) is 2.65. The molecule has 3 nitrogen and oxygen atoms in total. The molecule has 0 saturated carbocycles. The Kier molecular flexibility index (Phi) is 7.05. The van der Waals surface area contributed by atoms with E-state index in [1.54, 1.807) is 0 Å². The number of hydrogen-bond acceptors (Lipinski definition) is 2. The van der Waals surface area contributed by atoms with Crippen molar-refractivity contribution in [3.63, 3.8) is 0 Å². The molecule has 0 saturated heterocycles. The highest BCUT2D eigenvalue weighted by Crippen LogP contribution is 2.37. The molecule has 0 spiro atoms. The maximum atomic E-state index is 13.1. The molecule has 0 radical (unpaired) electrons. The number of amides is 1. The van der Waals surface area contributed by atoms with Crippen LogP contribution in [-0.4, -0.2) is 18.1 Å². The molecular formula is C20H16F9NO2. The molecule has 0 fully saturated rings. The van der Waals surface area contributed by atoms with E-state index in [0.717, 1.165) is 25.3 Å². The van der Waals surface area contributed by atoms with Gasteiger partial charge in [-0.3, -0.25) is 4.90 Å². The molecule has 2 aromatic carbocycles. The maximum absolute atomic E-state index is 13.1. The van der Waals surface area contributed by atoms with Crippen LogP contribution in [0.5, 0.6) is 0 Å². The molecule has 0 aliphatic carbocycles. The standard InChI is InChI=1S/C20H16F9NO2/c1-11-3-4-14(18(21,22)23)7-13(11)10-30(17(31)32-2)9-12-5-15(19(24,25)26)8-16(6-12)20(27,28)29/h3-8H,9-10H2,1-2H3. The second-order valence-corrected chi connectivity index (χ2v) is 6.88. The summed E-state index contributed by atoms with van der Waals surface area (Å²) in [6.07, 6.45) is -16.0. The van der Waals surface area contributed by atoms with Crippen LogP contribution in [0.4, 0.5) is 44.3 Å². The van der Waals surface area contributed by atoms with Crippen LogP contribution in [0.15, 0.2) is 36.4 Å². The van der Waals surface area contributed by atoms with Gasteiger partial charge in [0.2, 0.25) is 0 Å². The third-order valence-electron chi connectivity index (χ3n) is 4.49. The second kappa shape index (κ2) is 8.91. The number of benzene rings is 2. The van der Waals surface area contributed by atoms with E-state index in [9.17, 15) is 44.3 Å². The smallest absolute Gasteiger partial charge is 0.416 e. The van der Waals surface area contributed by atoms with Gasteiger partial charge >= 0.3 is 24.6 Å². The van der Waals surface area contributed by atoms with Crippen LogP contribution in [0.3, 0.4) is 0 Å². The zero-order chi connectivity index (χ0) is 24.5. The molecule has 0 aliphatic heterocycles. The number of carbonyl (C=O) groups is 1. The molecule has 0 aromatic heterocycles. The van der Waals surface area contributed by atoms with Crippen molar-refractivity contribution in [1.29, 1.82) is 0 Å². The normalized spacial score (nSPS) is 12.6. The summed E-state index contributed by atoms with van der Waals surface area (Å²) in [5.41, 5.74) is -4.39. The van der Waals surface area contributed by atoms with Crippen LogP contribution < -0.4 is 0 Å². The lowest BCUT2D eigenvalue weighted by molar-refractivity contribution is -0.143. The Morgan fingerprint density at radius 2 is 1.28 bits per heavy atom. The van der Waals surface area contributed by atoms with Gasteiger partial charge in [0.05, 0.1) is 23.8 Å². The summed E-state index contributed by atoms with van der Waals surface area (Å²) in [7, 11) is 0.918. The number of rotatable bonds is 4. The molecule has 32 heavy (non-hydrogen) atoms. The lowest BCUT2D eigenvalue weighted by Gasteiger charge is -2.24. The van der Waals surface area contributed by atoms with Crippen molar-refractivity contribution in [3.05, 3.63) is 69.8 Å². The van der Waals surface area contributed by atoms with Gasteiger partial charge in [0.1, 0.15) is 0 Å². The summed E-state index contributed by atoms with van der Waals surface area (Å²) in [5, 5.41) is 0. The minimum absolute atomic E-state index is 0.00625. The van der Waals surface area contributed by atoms with Crippen molar-refractivity contribution in [2.24, 2.45) is 0 Å². The first kappa shape index (κ1) is 25.3. The predicted octanol–water partition coefficient (Wildman–Crippen LogP) is 6.82. The van der Waals surface area contributed by atoms with Crippen molar-refractivity contribution < 1.29 is 49.0 Å². The zero-order valence-corrected chi connectivity index (χ0v) is 16.5. The Labute approximate surface area is 176 Å². The second-order valence-electron chi connectivity index (χ2n) is 6.88. The van der Waals surface area contributed by atoms with Crippen molar-refractivity contribution in [1.82, 2.24) is 4.90 Å². The number of nitrogens with zero attached hydrogens (tertiary/aromatic N) is 1. The fourth-order valence-corrected chi connectivity index (χ4v) is 2.87. The highest BCUT2D eigenvalue weighted by molar-refractivity contribution is 5.67. The zero-order valence-electron chi connectivity index (χ0n) is 16.5. The summed E-state index contributed by atoms with van der Waals surface area (Å²) in [6.45, 7) is 0.131. The lowest BCUT2D eigenvalue weighted by atomic mass is 10.0. The van der Waals surface area contributed by atoms with Gasteiger partial charge in [-0.1, -0.05) is 6.07 Å². The topological polar surface area (TPSA) is 29.5 Å². The summed E-state index contributed by atoms with van der Waals surface area (Å²) in [5.74, 6) is 0. The van der Waals surface area contributed by atoms with Crippen LogP contribution in [0.25, 0.3) is 0 Å². The molecule has 0 heterocycles. The first-order chi connectivity index (χ1) is 14.5. The predicted molar refractivity (Wildman–Crippen MR) is 94.3 cm³/mol. The molecule has 0 atom stereocenters. The van der Waals surface area contributed by atoms with Gasteiger partial charge in [-0.15, -0.1) is 0 Å². The molecule has 176 valence electrons. The van der Waals surface area contributed by atoms with Crippen LogP contribution in [0.2, 0.25) is 0 Å². The van der Waals surface area contributed by atoms with Gasteiger partial charge in [0, 0.05) is 13.1 Å². The largest absolute Gasteiger partial charge is 0.453 e. The third-order valence-corrected chi connectivity index (χ3v) is 4.49. The molecule has 0 aliphatic rings. The van der Waals surface area contributed by atoms with Crippen molar-refractivity contribution in [2.75, 3.05) is 7.11 Å². The number of hydrogen-bond donors (Lipinski definition) is 0. The summed E-state index contributed by atoms with van der Waals surface area (Å²) in [4.78, 5) is 12.8. The van der Waals surface area contributed by atoms with Gasteiger partial charge in [-0.25, -0.2) is 4.79 Å². The summed E-state index contributed by atoms with van der Waals surface area (Å²) < 4.78 is 122. The van der Waals surface area contributed by atoms with E-state index in [-0.39, 0.29) is 11.6 Å². The number of ether oxygens (including phenoxy) is 1. The van der Waals surface area contributed by atoms with E-state index in [0.29, 0.717) is 22.6 Å². The molecule has 12 heteroatoms. The average molecular weight is 473 g/mol. The molecule has 0 N–H and O–H groups in total. The van der Waals surface area contributed by atoms with Gasteiger partial charge in [-0.05, 0) is 53.9 Å². The Bertz CT molecular complexity index is 946. The number of aryl methyl sites for hydroxylation is 1. The molecular weight excluding hydrogens is 457 g/mol. The van der Waals surface area contributed by atoms with Crippen molar-refractivity contribution >= 4 is 6.09 Å². The first-order valence-electron chi connectivity index (χ1n) is 8.80. The van der Waals surface area contributed by atoms with Gasteiger partial charge in [0.15, 0.2) is 0 Å². The summed E-state index contributed by atoms with van der Waals surface area (Å²) in [6, 6.07) is 3.50. The minimum atomic E-state index is -5.09. The van der Waals surface area contributed by atoms with E-state index < -0.39 is 60.0 Å². The summed E-state index contributed by atoms with van der Waals surface area (Å²) >= 11 is 0. The molecule has 1 amide bonds. The van der Waals surface area contributed by atoms with Gasteiger partial charge in [0.25, 0.3) is 0 Å². The number of methoxy groups -OCH3 is 1. The first-order valence-corrected chi connectivity index (χ1v) is 8.80. The molecule has 2 aromatic rings. The third kappa shape index (κ3) is 6.30. The SMILES string of the molecule is COC(=O)N(Cc1cc(C(F)(F)F)cc(C(F)(F)F)c1)Cc1cc(C(F)(F)F)ccc1C. The minimum Gasteiger partial charge on any atom is -0.453 e. The van der Waals surface area contributed by atoms with E-state index in [4.69, 9.17) is 0 Å². The molecule has 0 unspecified atom stereocenters. The highest BCUT2D eigenvalue weighted by atomic mass is 19.4. The van der Waals surface area contributed by atoms with Crippen LogP contribution >= 0.6 is 0 Å². The van der Waals surface area contributed by atoms with Crippen molar-refractivity contribution in [3.8, 4) is 0 Å². The van der Waals surface area contributed by atoms with E-state index in [1.165, 1.54) is 6.92 Å². The molecule has 0 bridgehead atoms. The Balaban J connectivity index is 2.48. The Morgan fingerprint density at radius 3 is 1.72 bits per heavy atom.